The van der Waals surface area contributed by atoms with Crippen molar-refractivity contribution in [1.29, 1.82) is 0 Å². The Hall–Kier alpha value is -1.86. The molecule has 0 aliphatic carbocycles. The zero-order chi connectivity index (χ0) is 12.8. The first-order valence-corrected chi connectivity index (χ1v) is 5.15. The quantitative estimate of drug-likeness (QED) is 0.832. The van der Waals surface area contributed by atoms with E-state index in [1.807, 2.05) is 0 Å². The molecule has 17 heavy (non-hydrogen) atoms. The van der Waals surface area contributed by atoms with Crippen LogP contribution in [0.5, 0.6) is 11.5 Å². The number of carbonyl (C=O) groups excluding carboxylic acids is 1. The van der Waals surface area contributed by atoms with Crippen molar-refractivity contribution in [1.82, 2.24) is 5.32 Å². The van der Waals surface area contributed by atoms with Crippen LogP contribution in [0.3, 0.4) is 0 Å². The molecule has 1 N–H and O–H groups in total. The Balaban J connectivity index is 3.07. The molecule has 1 rings (SSSR count). The van der Waals surface area contributed by atoms with Gasteiger partial charge in [0, 0.05) is 5.56 Å². The number of nitrogens with one attached hydrogen (secondary N) is 1. The molecule has 0 heterocycles. The second-order valence-electron chi connectivity index (χ2n) is 3.08. The Bertz CT molecular complexity index is 466. The van der Waals surface area contributed by atoms with Gasteiger partial charge in [0.15, 0.2) is 11.5 Å². The van der Waals surface area contributed by atoms with Gasteiger partial charge in [-0.1, -0.05) is 17.5 Å². The fourth-order valence-corrected chi connectivity index (χ4v) is 1.57. The Morgan fingerprint density at radius 3 is 2.71 bits per heavy atom. The van der Waals surface area contributed by atoms with E-state index < -0.39 is 0 Å². The van der Waals surface area contributed by atoms with Crippen LogP contribution in [0, 0.1) is 12.3 Å². The van der Waals surface area contributed by atoms with Crippen molar-refractivity contribution in [2.24, 2.45) is 0 Å². The third-order valence-corrected chi connectivity index (χ3v) is 2.33. The third-order valence-electron chi connectivity index (χ3n) is 2.05. The van der Waals surface area contributed by atoms with Gasteiger partial charge in [-0.05, 0) is 12.1 Å². The summed E-state index contributed by atoms with van der Waals surface area (Å²) in [4.78, 5) is 11.7. The first-order valence-electron chi connectivity index (χ1n) is 4.77. The highest BCUT2D eigenvalue weighted by atomic mass is 35.5. The number of benzene rings is 1. The summed E-state index contributed by atoms with van der Waals surface area (Å²) in [5.74, 6) is 2.78. The van der Waals surface area contributed by atoms with Gasteiger partial charge in [0.05, 0.1) is 25.8 Å². The monoisotopic (exact) mass is 253 g/mol. The molecule has 1 aromatic rings. The van der Waals surface area contributed by atoms with Crippen LogP contribution in [0.1, 0.15) is 10.4 Å². The predicted octanol–water partition coefficient (Wildman–Crippen LogP) is 1.72. The lowest BCUT2D eigenvalue weighted by Gasteiger charge is -2.11. The number of carbonyl (C=O) groups is 1. The summed E-state index contributed by atoms with van der Waals surface area (Å²) < 4.78 is 10.1. The molecule has 5 heteroatoms. The smallest absolute Gasteiger partial charge is 0.252 e. The number of amides is 1. The minimum atomic E-state index is -0.314. The highest BCUT2D eigenvalue weighted by molar-refractivity contribution is 6.32. The predicted molar refractivity (Wildman–Crippen MR) is 65.7 cm³/mol. The molecule has 0 aromatic heterocycles. The molecule has 1 aromatic carbocycles. The SMILES string of the molecule is C#CCNC(=O)c1cc(Cl)c(OC)c(OC)c1. The van der Waals surface area contributed by atoms with Gasteiger partial charge < -0.3 is 14.8 Å². The molecule has 0 bridgehead atoms. The Morgan fingerprint density at radius 1 is 1.47 bits per heavy atom. The van der Waals surface area contributed by atoms with E-state index >= 15 is 0 Å². The lowest BCUT2D eigenvalue weighted by molar-refractivity contribution is 0.0958. The van der Waals surface area contributed by atoms with Gasteiger partial charge in [0.25, 0.3) is 5.91 Å². The zero-order valence-corrected chi connectivity index (χ0v) is 10.3. The standard InChI is InChI=1S/C12H12ClNO3/c1-4-5-14-12(15)8-6-9(13)11(17-3)10(7-8)16-2/h1,6-7H,5H2,2-3H3,(H,14,15). The van der Waals surface area contributed by atoms with Crippen molar-refractivity contribution < 1.29 is 14.3 Å². The molecule has 0 spiro atoms. The first-order chi connectivity index (χ1) is 8.13. The molecule has 0 aliphatic heterocycles. The lowest BCUT2D eigenvalue weighted by atomic mass is 10.2. The molecule has 0 unspecified atom stereocenters. The van der Waals surface area contributed by atoms with E-state index in [9.17, 15) is 4.79 Å². The molecule has 90 valence electrons. The third kappa shape index (κ3) is 3.05. The number of hydrogen-bond donors (Lipinski definition) is 1. The summed E-state index contributed by atoms with van der Waals surface area (Å²) in [6.45, 7) is 0.158. The van der Waals surface area contributed by atoms with Crippen LogP contribution in [0.15, 0.2) is 12.1 Å². The highest BCUT2D eigenvalue weighted by Crippen LogP contribution is 2.35. The van der Waals surface area contributed by atoms with E-state index in [1.165, 1.54) is 26.4 Å². The number of ether oxygens (including phenoxy) is 2. The van der Waals surface area contributed by atoms with E-state index in [0.717, 1.165) is 0 Å². The Morgan fingerprint density at radius 2 is 2.18 bits per heavy atom. The maximum absolute atomic E-state index is 11.7. The van der Waals surface area contributed by atoms with Crippen molar-refractivity contribution in [3.8, 4) is 23.8 Å². The number of methoxy groups -OCH3 is 2. The molecule has 0 radical (unpaired) electrons. The van der Waals surface area contributed by atoms with Crippen LogP contribution < -0.4 is 14.8 Å². The van der Waals surface area contributed by atoms with E-state index in [0.29, 0.717) is 22.1 Å². The van der Waals surface area contributed by atoms with Crippen LogP contribution >= 0.6 is 11.6 Å². The summed E-state index contributed by atoms with van der Waals surface area (Å²) in [5, 5.41) is 2.84. The molecule has 0 saturated heterocycles. The van der Waals surface area contributed by atoms with Crippen LogP contribution in [0.25, 0.3) is 0 Å². The van der Waals surface area contributed by atoms with E-state index in [4.69, 9.17) is 27.5 Å². The summed E-state index contributed by atoms with van der Waals surface area (Å²) in [5.41, 5.74) is 0.364. The van der Waals surface area contributed by atoms with Gasteiger partial charge in [-0.25, -0.2) is 0 Å². The Labute approximate surface area is 105 Å². The van der Waals surface area contributed by atoms with Crippen molar-refractivity contribution >= 4 is 17.5 Å². The molecule has 0 aliphatic rings. The maximum atomic E-state index is 11.7. The first kappa shape index (κ1) is 13.2. The second-order valence-corrected chi connectivity index (χ2v) is 3.49. The van der Waals surface area contributed by atoms with Gasteiger partial charge in [-0.2, -0.15) is 0 Å². The summed E-state index contributed by atoms with van der Waals surface area (Å²) in [7, 11) is 2.94. The zero-order valence-electron chi connectivity index (χ0n) is 9.54. The summed E-state index contributed by atoms with van der Waals surface area (Å²) in [6.07, 6.45) is 5.05. The minimum absolute atomic E-state index is 0.158. The molecule has 0 atom stereocenters. The van der Waals surface area contributed by atoms with Gasteiger partial charge in [0.2, 0.25) is 0 Å². The molecule has 1 amide bonds. The van der Waals surface area contributed by atoms with Crippen molar-refractivity contribution in [3.63, 3.8) is 0 Å². The average molecular weight is 254 g/mol. The molecular formula is C12H12ClNO3. The number of rotatable bonds is 4. The summed E-state index contributed by atoms with van der Waals surface area (Å²) in [6, 6.07) is 3.03. The van der Waals surface area contributed by atoms with Gasteiger partial charge in [-0.15, -0.1) is 6.42 Å². The molecule has 4 nitrogen and oxygen atoms in total. The van der Waals surface area contributed by atoms with Crippen LogP contribution in [0.2, 0.25) is 5.02 Å². The van der Waals surface area contributed by atoms with E-state index in [1.54, 1.807) is 0 Å². The van der Waals surface area contributed by atoms with Crippen molar-refractivity contribution in [2.45, 2.75) is 0 Å². The van der Waals surface area contributed by atoms with Crippen molar-refractivity contribution in [3.05, 3.63) is 22.7 Å². The fraction of sp³-hybridized carbons (Fsp3) is 0.250. The van der Waals surface area contributed by atoms with E-state index in [2.05, 4.69) is 11.2 Å². The van der Waals surface area contributed by atoms with Crippen LogP contribution in [0.4, 0.5) is 0 Å². The molecule has 0 saturated carbocycles. The lowest BCUT2D eigenvalue weighted by Crippen LogP contribution is -2.23. The van der Waals surface area contributed by atoms with Crippen LogP contribution in [-0.4, -0.2) is 26.7 Å². The number of halogens is 1. The normalized spacial score (nSPS) is 9.29. The topological polar surface area (TPSA) is 47.6 Å². The number of terminal acetylenes is 1. The number of hydrogen-bond acceptors (Lipinski definition) is 3. The average Bonchev–Trinajstić information content (AvgIpc) is 2.34. The molecular weight excluding hydrogens is 242 g/mol. The maximum Gasteiger partial charge on any atom is 0.252 e. The van der Waals surface area contributed by atoms with Gasteiger partial charge in [-0.3, -0.25) is 4.79 Å². The second kappa shape index (κ2) is 6.02. The molecule has 0 fully saturated rings. The van der Waals surface area contributed by atoms with Crippen LogP contribution in [-0.2, 0) is 0 Å². The fourth-order valence-electron chi connectivity index (χ4n) is 1.28. The Kier molecular flexibility index (Phi) is 4.68. The van der Waals surface area contributed by atoms with E-state index in [-0.39, 0.29) is 12.5 Å². The highest BCUT2D eigenvalue weighted by Gasteiger charge is 2.14. The van der Waals surface area contributed by atoms with Gasteiger partial charge in [0.1, 0.15) is 0 Å². The van der Waals surface area contributed by atoms with Gasteiger partial charge >= 0.3 is 0 Å². The summed E-state index contributed by atoms with van der Waals surface area (Å²) >= 11 is 5.97. The minimum Gasteiger partial charge on any atom is -0.493 e. The van der Waals surface area contributed by atoms with Crippen molar-refractivity contribution in [2.75, 3.05) is 20.8 Å². The largest absolute Gasteiger partial charge is 0.493 e.